The van der Waals surface area contributed by atoms with Gasteiger partial charge in [-0.25, -0.2) is 4.39 Å². The van der Waals surface area contributed by atoms with E-state index in [0.29, 0.717) is 6.54 Å². The standard InChI is InChI=1S/C21H23FN2O3/c22-16-7-5-15(6-8-16)19-17-4-2-1-3-14(17)9-10-24(19)20(26)18-11-21(23,12-25)13-27-18/h1-8,18-19,25H,9-13,23H2/t18-,19+,21+/m1/s1. The van der Waals surface area contributed by atoms with Crippen LogP contribution >= 0.6 is 0 Å². The number of nitrogens with two attached hydrogens (primary N) is 1. The maximum absolute atomic E-state index is 13.4. The second-order valence-corrected chi connectivity index (χ2v) is 7.46. The van der Waals surface area contributed by atoms with Crippen LogP contribution in [0.3, 0.4) is 0 Å². The first-order valence-corrected chi connectivity index (χ1v) is 9.16. The number of hydrogen-bond donors (Lipinski definition) is 2. The van der Waals surface area contributed by atoms with Gasteiger partial charge in [0.05, 0.1) is 24.8 Å². The lowest BCUT2D eigenvalue weighted by atomic mass is 9.87. The number of rotatable bonds is 3. The summed E-state index contributed by atoms with van der Waals surface area (Å²) in [5.41, 5.74) is 8.28. The third kappa shape index (κ3) is 3.36. The van der Waals surface area contributed by atoms with Gasteiger partial charge < -0.3 is 20.5 Å². The Morgan fingerprint density at radius 1 is 1.26 bits per heavy atom. The van der Waals surface area contributed by atoms with Crippen LogP contribution in [0.2, 0.25) is 0 Å². The summed E-state index contributed by atoms with van der Waals surface area (Å²) in [4.78, 5) is 15.0. The highest BCUT2D eigenvalue weighted by atomic mass is 19.1. The van der Waals surface area contributed by atoms with Crippen LogP contribution in [-0.2, 0) is 16.0 Å². The van der Waals surface area contributed by atoms with Gasteiger partial charge in [-0.05, 0) is 35.2 Å². The van der Waals surface area contributed by atoms with E-state index in [-0.39, 0.29) is 37.4 Å². The highest BCUT2D eigenvalue weighted by Crippen LogP contribution is 2.37. The molecule has 2 aliphatic rings. The zero-order valence-electron chi connectivity index (χ0n) is 15.0. The van der Waals surface area contributed by atoms with Crippen molar-refractivity contribution >= 4 is 5.91 Å². The Kier molecular flexibility index (Phi) is 4.72. The van der Waals surface area contributed by atoms with Crippen molar-refractivity contribution in [1.82, 2.24) is 4.90 Å². The molecule has 0 saturated carbocycles. The molecule has 2 aromatic carbocycles. The number of fused-ring (bicyclic) bond motifs is 1. The molecule has 2 aliphatic heterocycles. The van der Waals surface area contributed by atoms with E-state index < -0.39 is 11.6 Å². The molecule has 142 valence electrons. The van der Waals surface area contributed by atoms with Gasteiger partial charge in [-0.2, -0.15) is 0 Å². The lowest BCUT2D eigenvalue weighted by molar-refractivity contribution is -0.143. The smallest absolute Gasteiger partial charge is 0.252 e. The summed E-state index contributed by atoms with van der Waals surface area (Å²) in [7, 11) is 0. The molecule has 2 aromatic rings. The van der Waals surface area contributed by atoms with Gasteiger partial charge >= 0.3 is 0 Å². The summed E-state index contributed by atoms with van der Waals surface area (Å²) in [5.74, 6) is -0.449. The predicted octanol–water partition coefficient (Wildman–Crippen LogP) is 1.78. The van der Waals surface area contributed by atoms with Crippen molar-refractivity contribution in [1.29, 1.82) is 0 Å². The van der Waals surface area contributed by atoms with E-state index in [9.17, 15) is 14.3 Å². The average Bonchev–Trinajstić information content (AvgIpc) is 3.10. The second kappa shape index (κ2) is 7.03. The molecule has 1 saturated heterocycles. The molecular formula is C21H23FN2O3. The summed E-state index contributed by atoms with van der Waals surface area (Å²) in [5, 5.41) is 9.46. The molecule has 0 aliphatic carbocycles. The van der Waals surface area contributed by atoms with Gasteiger partial charge in [0, 0.05) is 13.0 Å². The van der Waals surface area contributed by atoms with Crippen LogP contribution in [0.4, 0.5) is 4.39 Å². The fourth-order valence-electron chi connectivity index (χ4n) is 4.02. The molecule has 27 heavy (non-hydrogen) atoms. The van der Waals surface area contributed by atoms with Crippen molar-refractivity contribution in [3.8, 4) is 0 Å². The van der Waals surface area contributed by atoms with Crippen LogP contribution in [0, 0.1) is 5.82 Å². The van der Waals surface area contributed by atoms with Crippen molar-refractivity contribution in [2.45, 2.75) is 30.5 Å². The normalized spacial score (nSPS) is 27.4. The van der Waals surface area contributed by atoms with Crippen molar-refractivity contribution in [2.24, 2.45) is 5.73 Å². The first kappa shape index (κ1) is 18.1. The van der Waals surface area contributed by atoms with Crippen LogP contribution < -0.4 is 5.73 Å². The third-order valence-electron chi connectivity index (χ3n) is 5.51. The Bertz CT molecular complexity index is 842. The second-order valence-electron chi connectivity index (χ2n) is 7.46. The molecule has 5 nitrogen and oxygen atoms in total. The number of benzene rings is 2. The van der Waals surface area contributed by atoms with E-state index >= 15 is 0 Å². The zero-order valence-corrected chi connectivity index (χ0v) is 15.0. The van der Waals surface area contributed by atoms with E-state index in [2.05, 4.69) is 6.07 Å². The van der Waals surface area contributed by atoms with Gasteiger partial charge in [0.15, 0.2) is 0 Å². The Hall–Kier alpha value is -2.28. The van der Waals surface area contributed by atoms with Crippen LogP contribution in [-0.4, -0.2) is 47.3 Å². The van der Waals surface area contributed by atoms with E-state index in [1.807, 2.05) is 18.2 Å². The number of ether oxygens (including phenoxy) is 1. The molecular weight excluding hydrogens is 347 g/mol. The summed E-state index contributed by atoms with van der Waals surface area (Å²) in [6.45, 7) is 0.487. The minimum atomic E-state index is -0.876. The number of hydrogen-bond acceptors (Lipinski definition) is 4. The van der Waals surface area contributed by atoms with Crippen LogP contribution in [0.5, 0.6) is 0 Å². The lowest BCUT2D eigenvalue weighted by Crippen LogP contribution is -2.47. The minimum absolute atomic E-state index is 0.139. The quantitative estimate of drug-likeness (QED) is 0.864. The Morgan fingerprint density at radius 3 is 2.70 bits per heavy atom. The molecule has 2 heterocycles. The molecule has 0 unspecified atom stereocenters. The lowest BCUT2D eigenvalue weighted by Gasteiger charge is -2.39. The number of carbonyl (C=O) groups excluding carboxylic acids is 1. The number of halogens is 1. The number of amides is 1. The first-order chi connectivity index (χ1) is 13.0. The van der Waals surface area contributed by atoms with E-state index in [4.69, 9.17) is 10.5 Å². The molecule has 3 atom stereocenters. The zero-order chi connectivity index (χ0) is 19.0. The third-order valence-corrected chi connectivity index (χ3v) is 5.51. The van der Waals surface area contributed by atoms with Crippen LogP contribution in [0.15, 0.2) is 48.5 Å². The van der Waals surface area contributed by atoms with E-state index in [0.717, 1.165) is 17.5 Å². The molecule has 1 amide bonds. The molecule has 0 radical (unpaired) electrons. The predicted molar refractivity (Wildman–Crippen MR) is 98.5 cm³/mol. The Balaban J connectivity index is 1.69. The van der Waals surface area contributed by atoms with Crippen molar-refractivity contribution in [3.63, 3.8) is 0 Å². The number of aliphatic hydroxyl groups excluding tert-OH is 1. The number of nitrogens with zero attached hydrogens (tertiary/aromatic N) is 1. The van der Waals surface area contributed by atoms with Crippen molar-refractivity contribution in [3.05, 3.63) is 71.0 Å². The van der Waals surface area contributed by atoms with E-state index in [1.165, 1.54) is 17.7 Å². The fourth-order valence-corrected chi connectivity index (χ4v) is 4.02. The first-order valence-electron chi connectivity index (χ1n) is 9.16. The Morgan fingerprint density at radius 2 is 2.00 bits per heavy atom. The molecule has 4 rings (SSSR count). The summed E-state index contributed by atoms with van der Waals surface area (Å²) in [6.07, 6.45) is 0.367. The average molecular weight is 370 g/mol. The molecule has 0 bridgehead atoms. The van der Waals surface area contributed by atoms with Gasteiger partial charge in [0.2, 0.25) is 0 Å². The maximum atomic E-state index is 13.4. The fraction of sp³-hybridized carbons (Fsp3) is 0.381. The van der Waals surface area contributed by atoms with Crippen LogP contribution in [0.25, 0.3) is 0 Å². The van der Waals surface area contributed by atoms with Crippen molar-refractivity contribution < 1.29 is 19.0 Å². The molecule has 1 fully saturated rings. The number of aliphatic hydroxyl groups is 1. The monoisotopic (exact) mass is 370 g/mol. The molecule has 0 aromatic heterocycles. The summed E-state index contributed by atoms with van der Waals surface area (Å²) < 4.78 is 19.1. The van der Waals surface area contributed by atoms with E-state index in [1.54, 1.807) is 17.0 Å². The minimum Gasteiger partial charge on any atom is -0.394 e. The van der Waals surface area contributed by atoms with Gasteiger partial charge in [-0.15, -0.1) is 0 Å². The van der Waals surface area contributed by atoms with Gasteiger partial charge in [-0.1, -0.05) is 36.4 Å². The van der Waals surface area contributed by atoms with Gasteiger partial charge in [0.25, 0.3) is 5.91 Å². The highest BCUT2D eigenvalue weighted by Gasteiger charge is 2.43. The summed E-state index contributed by atoms with van der Waals surface area (Å²) in [6, 6.07) is 14.0. The SMILES string of the molecule is N[C@@]1(CO)CO[C@@H](C(=O)N2CCc3ccccc3[C@@H]2c2ccc(F)cc2)C1. The molecule has 3 N–H and O–H groups in total. The largest absolute Gasteiger partial charge is 0.394 e. The van der Waals surface area contributed by atoms with Gasteiger partial charge in [0.1, 0.15) is 11.9 Å². The Labute approximate surface area is 157 Å². The van der Waals surface area contributed by atoms with Crippen LogP contribution in [0.1, 0.15) is 29.2 Å². The maximum Gasteiger partial charge on any atom is 0.252 e. The number of carbonyl (C=O) groups is 1. The van der Waals surface area contributed by atoms with Crippen molar-refractivity contribution in [2.75, 3.05) is 19.8 Å². The summed E-state index contributed by atoms with van der Waals surface area (Å²) >= 11 is 0. The molecule has 0 spiro atoms. The van der Waals surface area contributed by atoms with Gasteiger partial charge in [-0.3, -0.25) is 4.79 Å². The topological polar surface area (TPSA) is 75.8 Å². The highest BCUT2D eigenvalue weighted by molar-refractivity contribution is 5.82. The molecule has 6 heteroatoms.